The Hall–Kier alpha value is -2.85. The van der Waals surface area contributed by atoms with Crippen molar-refractivity contribution in [1.29, 1.82) is 0 Å². The SMILES string of the molecule is CCNc1nc(Nc2cnn(C3CCCCN3C(=O)C(C)C)c2C)ncc1C(F)(F)F. The standard InChI is InChI=1S/C20H28F3N7O/c1-5-24-17-14(20(21,22)23)10-25-19(28-17)27-15-11-26-30(13(15)4)16-8-6-7-9-29(16)18(31)12(2)3/h10-12,16H,5-9H2,1-4H3,(H2,24,25,27,28). The van der Waals surface area contributed by atoms with E-state index in [1.807, 2.05) is 25.7 Å². The molecule has 0 radical (unpaired) electrons. The van der Waals surface area contributed by atoms with Crippen LogP contribution in [-0.2, 0) is 11.0 Å². The van der Waals surface area contributed by atoms with Gasteiger partial charge < -0.3 is 15.5 Å². The molecule has 3 heterocycles. The van der Waals surface area contributed by atoms with Gasteiger partial charge in [-0.2, -0.15) is 23.3 Å². The predicted octanol–water partition coefficient (Wildman–Crippen LogP) is 4.34. The maximum absolute atomic E-state index is 13.2. The normalized spacial score (nSPS) is 17.2. The lowest BCUT2D eigenvalue weighted by molar-refractivity contribution is -0.141. The molecule has 1 unspecified atom stereocenters. The van der Waals surface area contributed by atoms with Crippen molar-refractivity contribution in [2.45, 2.75) is 59.3 Å². The number of piperidine rings is 1. The fourth-order valence-electron chi connectivity index (χ4n) is 3.68. The van der Waals surface area contributed by atoms with Crippen molar-refractivity contribution in [2.24, 2.45) is 5.92 Å². The molecule has 31 heavy (non-hydrogen) atoms. The van der Waals surface area contributed by atoms with Crippen molar-refractivity contribution in [3.05, 3.63) is 23.7 Å². The van der Waals surface area contributed by atoms with Gasteiger partial charge in [0, 0.05) is 25.2 Å². The zero-order chi connectivity index (χ0) is 22.8. The second-order valence-corrected chi connectivity index (χ2v) is 7.86. The average Bonchev–Trinajstić information content (AvgIpc) is 3.07. The number of nitrogens with one attached hydrogen (secondary N) is 2. The Labute approximate surface area is 179 Å². The van der Waals surface area contributed by atoms with Crippen LogP contribution in [0.15, 0.2) is 12.4 Å². The second kappa shape index (κ2) is 9.11. The van der Waals surface area contributed by atoms with E-state index in [0.717, 1.165) is 31.2 Å². The highest BCUT2D eigenvalue weighted by atomic mass is 19.4. The van der Waals surface area contributed by atoms with Gasteiger partial charge in [-0.1, -0.05) is 13.8 Å². The van der Waals surface area contributed by atoms with Crippen molar-refractivity contribution in [3.8, 4) is 0 Å². The molecular weight excluding hydrogens is 411 g/mol. The molecule has 2 aromatic rings. The minimum Gasteiger partial charge on any atom is -0.370 e. The van der Waals surface area contributed by atoms with Crippen molar-refractivity contribution >= 4 is 23.4 Å². The van der Waals surface area contributed by atoms with Crippen LogP contribution >= 0.6 is 0 Å². The molecule has 0 bridgehead atoms. The van der Waals surface area contributed by atoms with Gasteiger partial charge >= 0.3 is 6.18 Å². The number of alkyl halides is 3. The first-order chi connectivity index (χ1) is 14.6. The van der Waals surface area contributed by atoms with Crippen LogP contribution in [0.1, 0.15) is 57.5 Å². The van der Waals surface area contributed by atoms with E-state index in [0.29, 0.717) is 12.2 Å². The third-order valence-electron chi connectivity index (χ3n) is 5.26. The number of carbonyl (C=O) groups excluding carboxylic acids is 1. The summed E-state index contributed by atoms with van der Waals surface area (Å²) in [7, 11) is 0. The smallest absolute Gasteiger partial charge is 0.370 e. The van der Waals surface area contributed by atoms with E-state index in [2.05, 4.69) is 25.7 Å². The minimum atomic E-state index is -4.55. The number of hydrogen-bond acceptors (Lipinski definition) is 6. The Morgan fingerprint density at radius 3 is 2.68 bits per heavy atom. The fraction of sp³-hybridized carbons (Fsp3) is 0.600. The second-order valence-electron chi connectivity index (χ2n) is 7.86. The summed E-state index contributed by atoms with van der Waals surface area (Å²) in [5, 5.41) is 10.0. The van der Waals surface area contributed by atoms with Gasteiger partial charge in [0.25, 0.3) is 0 Å². The van der Waals surface area contributed by atoms with Gasteiger partial charge in [-0.15, -0.1) is 0 Å². The monoisotopic (exact) mass is 439 g/mol. The van der Waals surface area contributed by atoms with Crippen molar-refractivity contribution in [3.63, 3.8) is 0 Å². The van der Waals surface area contributed by atoms with Gasteiger partial charge in [0.15, 0.2) is 0 Å². The number of aromatic nitrogens is 4. The highest BCUT2D eigenvalue weighted by Gasteiger charge is 2.35. The third-order valence-corrected chi connectivity index (χ3v) is 5.26. The summed E-state index contributed by atoms with van der Waals surface area (Å²) in [5.41, 5.74) is 0.407. The lowest BCUT2D eigenvalue weighted by Gasteiger charge is -2.37. The number of halogens is 3. The van der Waals surface area contributed by atoms with Crippen LogP contribution in [0.25, 0.3) is 0 Å². The largest absolute Gasteiger partial charge is 0.421 e. The topological polar surface area (TPSA) is 88.0 Å². The molecule has 2 aromatic heterocycles. The first-order valence-corrected chi connectivity index (χ1v) is 10.4. The van der Waals surface area contributed by atoms with Crippen LogP contribution < -0.4 is 10.6 Å². The molecule has 170 valence electrons. The van der Waals surface area contributed by atoms with E-state index in [9.17, 15) is 18.0 Å². The van der Waals surface area contributed by atoms with E-state index in [4.69, 9.17) is 0 Å². The average molecular weight is 439 g/mol. The molecule has 1 aliphatic rings. The van der Waals surface area contributed by atoms with Crippen molar-refractivity contribution in [2.75, 3.05) is 23.7 Å². The number of amides is 1. The van der Waals surface area contributed by atoms with Gasteiger partial charge in [0.2, 0.25) is 11.9 Å². The molecular formula is C20H28F3N7O. The number of carbonyl (C=O) groups is 1. The summed E-state index contributed by atoms with van der Waals surface area (Å²) in [6.07, 6.45) is 0.333. The molecule has 2 N–H and O–H groups in total. The molecule has 1 fully saturated rings. The zero-order valence-corrected chi connectivity index (χ0v) is 18.1. The molecule has 0 saturated carbocycles. The van der Waals surface area contributed by atoms with Crippen LogP contribution in [0.3, 0.4) is 0 Å². The molecule has 0 aliphatic carbocycles. The van der Waals surface area contributed by atoms with Crippen LogP contribution in [0, 0.1) is 12.8 Å². The van der Waals surface area contributed by atoms with Gasteiger partial charge in [-0.25, -0.2) is 9.67 Å². The van der Waals surface area contributed by atoms with Crippen LogP contribution in [0.4, 0.5) is 30.6 Å². The number of rotatable bonds is 6. The molecule has 1 amide bonds. The number of nitrogens with zero attached hydrogens (tertiary/aromatic N) is 5. The summed E-state index contributed by atoms with van der Waals surface area (Å²) in [6, 6.07) is 0. The van der Waals surface area contributed by atoms with E-state index >= 15 is 0 Å². The number of likely N-dealkylation sites (tertiary alicyclic amines) is 1. The summed E-state index contributed by atoms with van der Waals surface area (Å²) in [4.78, 5) is 22.3. The molecule has 8 nitrogen and oxygen atoms in total. The molecule has 1 aliphatic heterocycles. The highest BCUT2D eigenvalue weighted by Crippen LogP contribution is 2.35. The molecule has 0 aromatic carbocycles. The van der Waals surface area contributed by atoms with E-state index < -0.39 is 11.7 Å². The molecule has 11 heteroatoms. The van der Waals surface area contributed by atoms with Crippen LogP contribution in [0.2, 0.25) is 0 Å². The van der Waals surface area contributed by atoms with Gasteiger partial charge in [0.1, 0.15) is 17.5 Å². The third kappa shape index (κ3) is 4.91. The Bertz CT molecular complexity index is 926. The molecule has 1 saturated heterocycles. The summed E-state index contributed by atoms with van der Waals surface area (Å²) >= 11 is 0. The predicted molar refractivity (Wildman–Crippen MR) is 111 cm³/mol. The van der Waals surface area contributed by atoms with E-state index in [1.165, 1.54) is 0 Å². The Morgan fingerprint density at radius 2 is 2.03 bits per heavy atom. The lowest BCUT2D eigenvalue weighted by Crippen LogP contribution is -2.43. The minimum absolute atomic E-state index is 0.0327. The fourth-order valence-corrected chi connectivity index (χ4v) is 3.68. The molecule has 0 spiro atoms. The summed E-state index contributed by atoms with van der Waals surface area (Å²) in [6.45, 7) is 8.26. The first-order valence-electron chi connectivity index (χ1n) is 10.4. The van der Waals surface area contributed by atoms with Crippen LogP contribution in [0.5, 0.6) is 0 Å². The quantitative estimate of drug-likeness (QED) is 0.696. The van der Waals surface area contributed by atoms with E-state index in [-0.39, 0.29) is 36.3 Å². The van der Waals surface area contributed by atoms with Gasteiger partial charge in [-0.05, 0) is 33.1 Å². The number of hydrogen-bond donors (Lipinski definition) is 2. The van der Waals surface area contributed by atoms with Gasteiger partial charge in [-0.3, -0.25) is 4.79 Å². The zero-order valence-electron chi connectivity index (χ0n) is 18.1. The maximum atomic E-state index is 13.2. The Kier molecular flexibility index (Phi) is 6.71. The summed E-state index contributed by atoms with van der Waals surface area (Å²) in [5.74, 6) is -0.279. The Morgan fingerprint density at radius 1 is 1.29 bits per heavy atom. The van der Waals surface area contributed by atoms with Crippen molar-refractivity contribution in [1.82, 2.24) is 24.6 Å². The summed E-state index contributed by atoms with van der Waals surface area (Å²) < 4.78 is 41.3. The van der Waals surface area contributed by atoms with Gasteiger partial charge in [0.05, 0.1) is 17.6 Å². The molecule has 3 rings (SSSR count). The van der Waals surface area contributed by atoms with E-state index in [1.54, 1.807) is 17.8 Å². The Balaban J connectivity index is 1.86. The lowest BCUT2D eigenvalue weighted by atomic mass is 10.0. The van der Waals surface area contributed by atoms with Crippen molar-refractivity contribution < 1.29 is 18.0 Å². The number of anilines is 3. The van der Waals surface area contributed by atoms with Crippen LogP contribution in [-0.4, -0.2) is 43.6 Å². The highest BCUT2D eigenvalue weighted by molar-refractivity contribution is 5.78. The first kappa shape index (κ1) is 22.8. The molecule has 1 atom stereocenters. The maximum Gasteiger partial charge on any atom is 0.421 e.